The molecule has 1 aliphatic carbocycles. The molecular formula is C17H24N2. The number of hydrogen-bond acceptors (Lipinski definition) is 2. The average molecular weight is 256 g/mol. The number of nitrogens with zero attached hydrogens (tertiary/aromatic N) is 2. The van der Waals surface area contributed by atoms with Crippen LogP contribution in [0, 0.1) is 0 Å². The zero-order valence-corrected chi connectivity index (χ0v) is 12.2. The van der Waals surface area contributed by atoms with E-state index >= 15 is 0 Å². The third-order valence-electron chi connectivity index (χ3n) is 4.40. The molecule has 1 unspecified atom stereocenters. The molecule has 0 aromatic heterocycles. The van der Waals surface area contributed by atoms with Gasteiger partial charge in [0.1, 0.15) is 0 Å². The second-order valence-corrected chi connectivity index (χ2v) is 5.89. The molecule has 1 aromatic rings. The molecule has 1 heterocycles. The van der Waals surface area contributed by atoms with Gasteiger partial charge >= 0.3 is 0 Å². The Hall–Kier alpha value is -1.15. The minimum absolute atomic E-state index is 0.731. The molecule has 0 amide bonds. The minimum atomic E-state index is 0.731. The molecule has 3 rings (SSSR count). The first-order valence-electron chi connectivity index (χ1n) is 7.70. The standard InChI is InChI=1S/C17H24N2/c1-3-5-19(6-4-2)17-9-13-7-15-11-18-12-16(15)8-14(13)10-17/h7-8,11,17H,3-6,9-10,12H2,1-2H3. The fourth-order valence-corrected chi connectivity index (χ4v) is 3.53. The summed E-state index contributed by atoms with van der Waals surface area (Å²) in [5.41, 5.74) is 5.93. The molecule has 2 heteroatoms. The first-order chi connectivity index (χ1) is 9.31. The van der Waals surface area contributed by atoms with Crippen molar-refractivity contribution in [2.75, 3.05) is 13.1 Å². The first-order valence-corrected chi connectivity index (χ1v) is 7.70. The Balaban J connectivity index is 1.77. The van der Waals surface area contributed by atoms with Crippen molar-refractivity contribution in [1.29, 1.82) is 0 Å². The van der Waals surface area contributed by atoms with Crippen molar-refractivity contribution in [3.05, 3.63) is 34.4 Å². The van der Waals surface area contributed by atoms with Crippen LogP contribution in [0.25, 0.3) is 0 Å². The molecule has 0 radical (unpaired) electrons. The third-order valence-corrected chi connectivity index (χ3v) is 4.40. The Bertz CT molecular complexity index is 484. The summed E-state index contributed by atoms with van der Waals surface area (Å²) in [5.74, 6) is 0. The van der Waals surface area contributed by atoms with E-state index in [0.717, 1.165) is 12.6 Å². The summed E-state index contributed by atoms with van der Waals surface area (Å²) < 4.78 is 0. The van der Waals surface area contributed by atoms with E-state index in [0.29, 0.717) is 0 Å². The van der Waals surface area contributed by atoms with Crippen molar-refractivity contribution < 1.29 is 0 Å². The van der Waals surface area contributed by atoms with Crippen LogP contribution in [0.2, 0.25) is 0 Å². The Morgan fingerprint density at radius 1 is 1.05 bits per heavy atom. The molecule has 0 saturated carbocycles. The molecule has 0 bridgehead atoms. The summed E-state index contributed by atoms with van der Waals surface area (Å²) in [4.78, 5) is 7.06. The van der Waals surface area contributed by atoms with E-state index in [1.807, 2.05) is 6.21 Å². The number of hydrogen-bond donors (Lipinski definition) is 0. The number of benzene rings is 1. The lowest BCUT2D eigenvalue weighted by Gasteiger charge is -2.27. The lowest BCUT2D eigenvalue weighted by molar-refractivity contribution is 0.202. The minimum Gasteiger partial charge on any atom is -0.300 e. The van der Waals surface area contributed by atoms with Crippen molar-refractivity contribution >= 4 is 6.21 Å². The zero-order valence-electron chi connectivity index (χ0n) is 12.2. The van der Waals surface area contributed by atoms with E-state index in [2.05, 4.69) is 35.9 Å². The highest BCUT2D eigenvalue weighted by Crippen LogP contribution is 2.30. The lowest BCUT2D eigenvalue weighted by atomic mass is 10.0. The highest BCUT2D eigenvalue weighted by Gasteiger charge is 2.27. The van der Waals surface area contributed by atoms with Crippen molar-refractivity contribution in [1.82, 2.24) is 4.90 Å². The fourth-order valence-electron chi connectivity index (χ4n) is 3.53. The van der Waals surface area contributed by atoms with Crippen LogP contribution in [0.5, 0.6) is 0 Å². The predicted octanol–water partition coefficient (Wildman–Crippen LogP) is 3.21. The number of rotatable bonds is 5. The maximum Gasteiger partial charge on any atom is 0.0646 e. The van der Waals surface area contributed by atoms with Crippen LogP contribution >= 0.6 is 0 Å². The van der Waals surface area contributed by atoms with Gasteiger partial charge in [-0.05, 0) is 67.1 Å². The molecular weight excluding hydrogens is 232 g/mol. The molecule has 1 atom stereocenters. The van der Waals surface area contributed by atoms with Crippen LogP contribution in [-0.2, 0) is 19.4 Å². The monoisotopic (exact) mass is 256 g/mol. The Kier molecular flexibility index (Phi) is 3.69. The quantitative estimate of drug-likeness (QED) is 0.790. The molecule has 2 nitrogen and oxygen atoms in total. The van der Waals surface area contributed by atoms with E-state index in [1.165, 1.54) is 49.9 Å². The van der Waals surface area contributed by atoms with E-state index < -0.39 is 0 Å². The van der Waals surface area contributed by atoms with Crippen molar-refractivity contribution in [3.63, 3.8) is 0 Å². The van der Waals surface area contributed by atoms with Crippen LogP contribution in [0.1, 0.15) is 48.9 Å². The van der Waals surface area contributed by atoms with Gasteiger partial charge in [0.25, 0.3) is 0 Å². The molecule has 2 aliphatic rings. The summed E-state index contributed by atoms with van der Waals surface area (Å²) in [5, 5.41) is 0. The number of fused-ring (bicyclic) bond motifs is 2. The van der Waals surface area contributed by atoms with Gasteiger partial charge in [0.15, 0.2) is 0 Å². The van der Waals surface area contributed by atoms with Crippen LogP contribution in [-0.4, -0.2) is 30.2 Å². The van der Waals surface area contributed by atoms with Crippen molar-refractivity contribution in [2.24, 2.45) is 4.99 Å². The molecule has 0 saturated heterocycles. The van der Waals surface area contributed by atoms with Gasteiger partial charge in [-0.25, -0.2) is 0 Å². The van der Waals surface area contributed by atoms with Gasteiger partial charge in [-0.1, -0.05) is 19.9 Å². The summed E-state index contributed by atoms with van der Waals surface area (Å²) in [6.45, 7) is 7.95. The Morgan fingerprint density at radius 3 is 2.42 bits per heavy atom. The predicted molar refractivity (Wildman–Crippen MR) is 81.1 cm³/mol. The maximum atomic E-state index is 4.37. The number of aliphatic imine (C=N–C) groups is 1. The maximum absolute atomic E-state index is 4.37. The first kappa shape index (κ1) is 12.9. The molecule has 102 valence electrons. The summed E-state index contributed by atoms with van der Waals surface area (Å²) in [6.07, 6.45) is 7.03. The molecule has 19 heavy (non-hydrogen) atoms. The molecule has 1 aromatic carbocycles. The van der Waals surface area contributed by atoms with Crippen LogP contribution in [0.15, 0.2) is 17.1 Å². The molecule has 0 fully saturated rings. The normalized spacial score (nSPS) is 20.1. The molecule has 0 N–H and O–H groups in total. The Morgan fingerprint density at radius 2 is 1.74 bits per heavy atom. The lowest BCUT2D eigenvalue weighted by Crippen LogP contribution is -2.37. The van der Waals surface area contributed by atoms with Gasteiger partial charge in [-0.3, -0.25) is 9.89 Å². The van der Waals surface area contributed by atoms with Gasteiger partial charge in [0.05, 0.1) is 6.54 Å². The summed E-state index contributed by atoms with van der Waals surface area (Å²) in [6, 6.07) is 5.53. The third kappa shape index (κ3) is 2.46. The van der Waals surface area contributed by atoms with Crippen LogP contribution < -0.4 is 0 Å². The van der Waals surface area contributed by atoms with Crippen molar-refractivity contribution in [2.45, 2.75) is 52.1 Å². The smallest absolute Gasteiger partial charge is 0.0646 e. The summed E-state index contributed by atoms with van der Waals surface area (Å²) in [7, 11) is 0. The van der Waals surface area contributed by atoms with Crippen LogP contribution in [0.3, 0.4) is 0 Å². The largest absolute Gasteiger partial charge is 0.300 e. The molecule has 0 spiro atoms. The van der Waals surface area contributed by atoms with Gasteiger partial charge < -0.3 is 0 Å². The highest BCUT2D eigenvalue weighted by molar-refractivity contribution is 5.85. The SMILES string of the molecule is CCCN(CCC)C1Cc2cc3c(cc2C1)CN=C3. The van der Waals surface area contributed by atoms with Gasteiger partial charge in [0.2, 0.25) is 0 Å². The second kappa shape index (κ2) is 5.46. The van der Waals surface area contributed by atoms with Gasteiger partial charge in [-0.2, -0.15) is 0 Å². The highest BCUT2D eigenvalue weighted by atomic mass is 15.1. The summed E-state index contributed by atoms with van der Waals surface area (Å²) >= 11 is 0. The Labute approximate surface area is 116 Å². The van der Waals surface area contributed by atoms with E-state index in [-0.39, 0.29) is 0 Å². The van der Waals surface area contributed by atoms with Crippen LogP contribution in [0.4, 0.5) is 0 Å². The average Bonchev–Trinajstić information content (AvgIpc) is 3.00. The molecule has 1 aliphatic heterocycles. The van der Waals surface area contributed by atoms with Gasteiger partial charge in [0, 0.05) is 12.3 Å². The second-order valence-electron chi connectivity index (χ2n) is 5.89. The van der Waals surface area contributed by atoms with E-state index in [1.54, 1.807) is 11.1 Å². The fraction of sp³-hybridized carbons (Fsp3) is 0.588. The topological polar surface area (TPSA) is 15.6 Å². The van der Waals surface area contributed by atoms with Crippen molar-refractivity contribution in [3.8, 4) is 0 Å². The van der Waals surface area contributed by atoms with E-state index in [9.17, 15) is 0 Å². The van der Waals surface area contributed by atoms with E-state index in [4.69, 9.17) is 0 Å². The zero-order chi connectivity index (χ0) is 13.2. The van der Waals surface area contributed by atoms with Gasteiger partial charge in [-0.15, -0.1) is 0 Å².